The van der Waals surface area contributed by atoms with Crippen molar-refractivity contribution in [1.82, 2.24) is 4.90 Å². The molecule has 0 spiro atoms. The molecular formula is C11H16ClN2O2+. The lowest BCUT2D eigenvalue weighted by atomic mass is 10.0. The van der Waals surface area contributed by atoms with Crippen molar-refractivity contribution in [2.24, 2.45) is 5.92 Å². The van der Waals surface area contributed by atoms with E-state index in [0.29, 0.717) is 24.7 Å². The Hall–Kier alpha value is -1.16. The van der Waals surface area contributed by atoms with E-state index < -0.39 is 5.92 Å². The normalized spacial score (nSPS) is 21.7. The van der Waals surface area contributed by atoms with Gasteiger partial charge in [-0.2, -0.15) is 14.3 Å². The lowest BCUT2D eigenvalue weighted by molar-refractivity contribution is -0.427. The molecule has 0 saturated carbocycles. The molecule has 0 aromatic rings. The monoisotopic (exact) mass is 243 g/mol. The molecule has 88 valence electrons. The van der Waals surface area contributed by atoms with Crippen molar-refractivity contribution in [3.8, 4) is 0 Å². The van der Waals surface area contributed by atoms with Gasteiger partial charge in [-0.1, -0.05) is 19.6 Å². The summed E-state index contributed by atoms with van der Waals surface area (Å²) in [6.07, 6.45) is 2.19. The van der Waals surface area contributed by atoms with Crippen LogP contribution in [0.25, 0.3) is 0 Å². The Labute approximate surface area is 100 Å². The lowest BCUT2D eigenvalue weighted by Gasteiger charge is -2.23. The zero-order chi connectivity index (χ0) is 12.3. The first-order valence-electron chi connectivity index (χ1n) is 5.34. The maximum absolute atomic E-state index is 11.9. The summed E-state index contributed by atoms with van der Waals surface area (Å²) in [6, 6.07) is -0.359. The summed E-state index contributed by atoms with van der Waals surface area (Å²) < 4.78 is 1.40. The molecule has 0 bridgehead atoms. The van der Waals surface area contributed by atoms with Gasteiger partial charge in [0.2, 0.25) is 0 Å². The molecule has 16 heavy (non-hydrogen) atoms. The van der Waals surface area contributed by atoms with Gasteiger partial charge in [-0.25, -0.2) is 4.79 Å². The number of imide groups is 1. The lowest BCUT2D eigenvalue weighted by Crippen LogP contribution is -2.53. The van der Waals surface area contributed by atoms with Crippen LogP contribution in [0.3, 0.4) is 0 Å². The van der Waals surface area contributed by atoms with Crippen molar-refractivity contribution >= 4 is 28.7 Å². The second-order valence-electron chi connectivity index (χ2n) is 3.55. The van der Waals surface area contributed by atoms with Gasteiger partial charge in [-0.15, -0.1) is 0 Å². The van der Waals surface area contributed by atoms with Crippen molar-refractivity contribution in [2.45, 2.75) is 20.3 Å². The molecule has 1 aliphatic heterocycles. The molecule has 0 aromatic carbocycles. The fourth-order valence-electron chi connectivity index (χ4n) is 1.74. The van der Waals surface area contributed by atoms with E-state index in [-0.39, 0.29) is 11.9 Å². The molecule has 0 radical (unpaired) electrons. The number of halogens is 1. The molecule has 1 atom stereocenters. The Balaban J connectivity index is 3.20. The van der Waals surface area contributed by atoms with Crippen LogP contribution in [0.2, 0.25) is 0 Å². The molecule has 1 unspecified atom stereocenters. The minimum atomic E-state index is -0.403. The Morgan fingerprint density at radius 3 is 2.56 bits per heavy atom. The quantitative estimate of drug-likeness (QED) is 0.558. The number of amides is 3. The predicted molar refractivity (Wildman–Crippen MR) is 62.7 cm³/mol. The average molecular weight is 244 g/mol. The van der Waals surface area contributed by atoms with Crippen LogP contribution in [0.1, 0.15) is 20.3 Å². The van der Waals surface area contributed by atoms with E-state index in [1.54, 1.807) is 13.0 Å². The van der Waals surface area contributed by atoms with E-state index in [9.17, 15) is 9.59 Å². The number of rotatable bonds is 4. The van der Waals surface area contributed by atoms with Crippen molar-refractivity contribution in [3.63, 3.8) is 0 Å². The summed E-state index contributed by atoms with van der Waals surface area (Å²) in [5.41, 5.74) is 0. The Kier molecular flexibility index (Phi) is 4.24. The average Bonchev–Trinajstić information content (AvgIpc) is 2.26. The van der Waals surface area contributed by atoms with Crippen LogP contribution >= 0.6 is 11.6 Å². The summed E-state index contributed by atoms with van der Waals surface area (Å²) in [5.74, 6) is -0.612. The summed E-state index contributed by atoms with van der Waals surface area (Å²) >= 11 is 6.07. The van der Waals surface area contributed by atoms with Gasteiger partial charge >= 0.3 is 11.9 Å². The second kappa shape index (κ2) is 5.25. The maximum Gasteiger partial charge on any atom is 0.501 e. The maximum atomic E-state index is 11.9. The minimum absolute atomic E-state index is 0.208. The molecular weight excluding hydrogens is 228 g/mol. The van der Waals surface area contributed by atoms with Crippen molar-refractivity contribution in [2.75, 3.05) is 13.1 Å². The van der Waals surface area contributed by atoms with E-state index in [2.05, 4.69) is 6.58 Å². The van der Waals surface area contributed by atoms with Gasteiger partial charge in [0.1, 0.15) is 12.5 Å². The number of hydrogen-bond donors (Lipinski definition) is 0. The van der Waals surface area contributed by atoms with Crippen molar-refractivity contribution in [1.29, 1.82) is 0 Å². The molecule has 0 aliphatic carbocycles. The topological polar surface area (TPSA) is 40.4 Å². The minimum Gasteiger partial charge on any atom is -0.246 e. The standard InChI is InChI=1S/C11H16ClN2O2/c1-4-7-14-9(12)8(5-2)10(15)13(6-3)11(14)16/h4,8H,1,5-7H2,2-3H3/q+1. The van der Waals surface area contributed by atoms with Gasteiger partial charge in [0.15, 0.2) is 5.17 Å². The summed E-state index contributed by atoms with van der Waals surface area (Å²) in [5, 5.41) is 0.308. The summed E-state index contributed by atoms with van der Waals surface area (Å²) in [4.78, 5) is 25.0. The van der Waals surface area contributed by atoms with E-state index >= 15 is 0 Å². The highest BCUT2D eigenvalue weighted by Crippen LogP contribution is 2.19. The number of carbonyl (C=O) groups is 2. The molecule has 4 nitrogen and oxygen atoms in total. The first-order valence-corrected chi connectivity index (χ1v) is 5.72. The van der Waals surface area contributed by atoms with E-state index in [0.717, 1.165) is 0 Å². The summed E-state index contributed by atoms with van der Waals surface area (Å²) in [7, 11) is 0. The zero-order valence-corrected chi connectivity index (χ0v) is 10.3. The fraction of sp³-hybridized carbons (Fsp3) is 0.545. The van der Waals surface area contributed by atoms with E-state index in [4.69, 9.17) is 11.6 Å². The number of hydrogen-bond acceptors (Lipinski definition) is 2. The third kappa shape index (κ3) is 2.02. The third-order valence-corrected chi connectivity index (χ3v) is 3.07. The Morgan fingerprint density at radius 1 is 1.50 bits per heavy atom. The molecule has 0 N–H and O–H groups in total. The zero-order valence-electron chi connectivity index (χ0n) is 9.57. The van der Waals surface area contributed by atoms with Crippen LogP contribution in [0.5, 0.6) is 0 Å². The smallest absolute Gasteiger partial charge is 0.246 e. The Morgan fingerprint density at radius 2 is 2.12 bits per heavy atom. The molecule has 3 amide bonds. The van der Waals surface area contributed by atoms with Gasteiger partial charge in [0.05, 0.1) is 6.54 Å². The highest BCUT2D eigenvalue weighted by atomic mass is 35.5. The first-order chi connectivity index (χ1) is 7.58. The largest absolute Gasteiger partial charge is 0.501 e. The van der Waals surface area contributed by atoms with Crippen molar-refractivity contribution in [3.05, 3.63) is 12.7 Å². The third-order valence-electron chi connectivity index (χ3n) is 2.61. The highest BCUT2D eigenvalue weighted by molar-refractivity contribution is 6.66. The van der Waals surface area contributed by atoms with E-state index in [1.165, 1.54) is 9.48 Å². The van der Waals surface area contributed by atoms with Gasteiger partial charge in [-0.3, -0.25) is 0 Å². The number of nitrogens with zero attached hydrogens (tertiary/aromatic N) is 2. The van der Waals surface area contributed by atoms with Crippen LogP contribution in [0.15, 0.2) is 12.7 Å². The van der Waals surface area contributed by atoms with Crippen LogP contribution in [-0.2, 0) is 4.79 Å². The van der Waals surface area contributed by atoms with Crippen LogP contribution in [0, 0.1) is 5.92 Å². The van der Waals surface area contributed by atoms with Crippen LogP contribution in [-0.4, -0.2) is 39.7 Å². The second-order valence-corrected chi connectivity index (χ2v) is 3.94. The van der Waals surface area contributed by atoms with Gasteiger partial charge in [0, 0.05) is 0 Å². The van der Waals surface area contributed by atoms with Crippen molar-refractivity contribution < 1.29 is 14.2 Å². The molecule has 0 saturated heterocycles. The highest BCUT2D eigenvalue weighted by Gasteiger charge is 2.45. The first kappa shape index (κ1) is 12.9. The Bertz CT molecular complexity index is 363. The molecule has 1 rings (SSSR count). The summed E-state index contributed by atoms with van der Waals surface area (Å²) in [6.45, 7) is 7.92. The number of urea groups is 1. The van der Waals surface area contributed by atoms with Crippen LogP contribution in [0.4, 0.5) is 4.79 Å². The van der Waals surface area contributed by atoms with Gasteiger partial charge < -0.3 is 0 Å². The fourth-order valence-corrected chi connectivity index (χ4v) is 2.13. The molecule has 0 fully saturated rings. The molecule has 1 heterocycles. The molecule has 0 aromatic heterocycles. The van der Waals surface area contributed by atoms with E-state index in [1.807, 2.05) is 6.92 Å². The predicted octanol–water partition coefficient (Wildman–Crippen LogP) is 1.83. The van der Waals surface area contributed by atoms with Gasteiger partial charge in [-0.05, 0) is 24.9 Å². The SMILES string of the molecule is C=CC[N+]1=C(Cl)C(CC)C(=O)N(CC)C1=O. The number of carbonyl (C=O) groups excluding carboxylic acids is 2. The molecule has 1 aliphatic rings. The molecule has 5 heteroatoms. The van der Waals surface area contributed by atoms with Gasteiger partial charge in [0.25, 0.3) is 0 Å². The van der Waals surface area contributed by atoms with Crippen LogP contribution < -0.4 is 0 Å².